The van der Waals surface area contributed by atoms with E-state index in [9.17, 15) is 4.79 Å². The quantitative estimate of drug-likeness (QED) is 0.735. The Morgan fingerprint density at radius 1 is 1.42 bits per heavy atom. The highest BCUT2D eigenvalue weighted by atomic mass is 79.9. The van der Waals surface area contributed by atoms with Gasteiger partial charge < -0.3 is 4.74 Å². The molecular formula is C14H13BrN2O2. The first-order chi connectivity index (χ1) is 8.81. The lowest BCUT2D eigenvalue weighted by Gasteiger charge is -2.19. The first-order valence-electron chi connectivity index (χ1n) is 5.76. The summed E-state index contributed by atoms with van der Waals surface area (Å²) >= 11 is 3.40. The second kappa shape index (κ2) is 4.71. The van der Waals surface area contributed by atoms with Crippen molar-refractivity contribution in [1.82, 2.24) is 4.57 Å². The zero-order valence-electron chi connectivity index (χ0n) is 10.9. The number of nitriles is 1. The molecule has 1 heterocycles. The number of hydrogen-bond acceptors (Lipinski definition) is 3. The van der Waals surface area contributed by atoms with Crippen molar-refractivity contribution in [2.24, 2.45) is 0 Å². The molecular weight excluding hydrogens is 308 g/mol. The van der Waals surface area contributed by atoms with E-state index in [2.05, 4.69) is 22.0 Å². The third-order valence-electron chi connectivity index (χ3n) is 2.48. The van der Waals surface area contributed by atoms with Crippen molar-refractivity contribution in [2.45, 2.75) is 26.4 Å². The third kappa shape index (κ3) is 2.79. The molecule has 0 radical (unpaired) electrons. The van der Waals surface area contributed by atoms with Crippen LogP contribution in [0.25, 0.3) is 10.9 Å². The molecule has 0 fully saturated rings. The van der Waals surface area contributed by atoms with Gasteiger partial charge in [-0.2, -0.15) is 5.26 Å². The molecule has 0 unspecified atom stereocenters. The number of carbonyl (C=O) groups excluding carboxylic acids is 1. The topological polar surface area (TPSA) is 55.0 Å². The number of halogens is 1. The first-order valence-corrected chi connectivity index (χ1v) is 6.55. The molecule has 0 atom stereocenters. The maximum Gasteiger partial charge on any atom is 0.419 e. The van der Waals surface area contributed by atoms with Gasteiger partial charge in [-0.15, -0.1) is 0 Å². The highest BCUT2D eigenvalue weighted by molar-refractivity contribution is 9.10. The minimum Gasteiger partial charge on any atom is -0.443 e. The average Bonchev–Trinajstić information content (AvgIpc) is 2.64. The second-order valence-corrected chi connectivity index (χ2v) is 6.03. The van der Waals surface area contributed by atoms with Gasteiger partial charge in [0.25, 0.3) is 0 Å². The fourth-order valence-corrected chi connectivity index (χ4v) is 2.26. The predicted octanol–water partition coefficient (Wildman–Crippen LogP) is 4.06. The molecule has 0 spiro atoms. The van der Waals surface area contributed by atoms with E-state index in [1.54, 1.807) is 24.4 Å². The number of aromatic nitrogens is 1. The molecule has 4 nitrogen and oxygen atoms in total. The van der Waals surface area contributed by atoms with Gasteiger partial charge >= 0.3 is 6.09 Å². The van der Waals surface area contributed by atoms with Crippen LogP contribution in [0.15, 0.2) is 28.9 Å². The van der Waals surface area contributed by atoms with Gasteiger partial charge in [-0.25, -0.2) is 4.79 Å². The van der Waals surface area contributed by atoms with Gasteiger partial charge in [0.1, 0.15) is 5.60 Å². The van der Waals surface area contributed by atoms with Crippen molar-refractivity contribution >= 4 is 32.9 Å². The highest BCUT2D eigenvalue weighted by Crippen LogP contribution is 2.27. The van der Waals surface area contributed by atoms with Gasteiger partial charge in [0, 0.05) is 16.1 Å². The zero-order valence-corrected chi connectivity index (χ0v) is 12.5. The Bertz CT molecular complexity index is 690. The molecule has 5 heteroatoms. The Morgan fingerprint density at radius 2 is 2.11 bits per heavy atom. The van der Waals surface area contributed by atoms with Crippen molar-refractivity contribution in [3.05, 3.63) is 34.4 Å². The molecule has 0 saturated heterocycles. The Balaban J connectivity index is 2.55. The molecule has 98 valence electrons. The lowest BCUT2D eigenvalue weighted by molar-refractivity contribution is 0.0544. The largest absolute Gasteiger partial charge is 0.443 e. The molecule has 0 bridgehead atoms. The van der Waals surface area contributed by atoms with Crippen LogP contribution in [0.2, 0.25) is 0 Å². The monoisotopic (exact) mass is 320 g/mol. The highest BCUT2D eigenvalue weighted by Gasteiger charge is 2.20. The van der Waals surface area contributed by atoms with Gasteiger partial charge in [-0.1, -0.05) is 6.07 Å². The molecule has 1 aromatic carbocycles. The van der Waals surface area contributed by atoms with Crippen molar-refractivity contribution < 1.29 is 9.53 Å². The van der Waals surface area contributed by atoms with E-state index in [4.69, 9.17) is 10.00 Å². The smallest absolute Gasteiger partial charge is 0.419 e. The van der Waals surface area contributed by atoms with Crippen LogP contribution < -0.4 is 0 Å². The average molecular weight is 321 g/mol. The molecule has 0 aliphatic carbocycles. The zero-order chi connectivity index (χ0) is 14.2. The molecule has 0 amide bonds. The lowest BCUT2D eigenvalue weighted by Crippen LogP contribution is -2.26. The van der Waals surface area contributed by atoms with Crippen molar-refractivity contribution in [3.63, 3.8) is 0 Å². The van der Waals surface area contributed by atoms with E-state index in [1.165, 1.54) is 4.57 Å². The Hall–Kier alpha value is -1.80. The van der Waals surface area contributed by atoms with E-state index < -0.39 is 11.7 Å². The van der Waals surface area contributed by atoms with Crippen LogP contribution in [0.5, 0.6) is 0 Å². The van der Waals surface area contributed by atoms with Crippen LogP contribution in [0.4, 0.5) is 4.79 Å². The number of rotatable bonds is 0. The summed E-state index contributed by atoms with van der Waals surface area (Å²) in [7, 11) is 0. The maximum absolute atomic E-state index is 12.1. The van der Waals surface area contributed by atoms with Gasteiger partial charge in [0.2, 0.25) is 0 Å². The Labute approximate surface area is 119 Å². The minimum absolute atomic E-state index is 0.460. The fraction of sp³-hybridized carbons (Fsp3) is 0.286. The van der Waals surface area contributed by atoms with Crippen LogP contribution in [0.1, 0.15) is 26.3 Å². The minimum atomic E-state index is -0.563. The number of benzene rings is 1. The number of hydrogen-bond donors (Lipinski definition) is 0. The van der Waals surface area contributed by atoms with Crippen LogP contribution >= 0.6 is 15.9 Å². The summed E-state index contributed by atoms with van der Waals surface area (Å²) in [6.45, 7) is 5.44. The molecule has 0 N–H and O–H groups in total. The summed E-state index contributed by atoms with van der Waals surface area (Å²) in [6, 6.07) is 7.25. The summed E-state index contributed by atoms with van der Waals surface area (Å²) in [5.41, 5.74) is 0.593. The molecule has 2 aromatic rings. The second-order valence-electron chi connectivity index (χ2n) is 5.17. The van der Waals surface area contributed by atoms with Crippen LogP contribution in [0.3, 0.4) is 0 Å². The number of ether oxygens (including phenoxy) is 1. The third-order valence-corrected chi connectivity index (χ3v) is 3.11. The summed E-state index contributed by atoms with van der Waals surface area (Å²) in [5, 5.41) is 9.80. The molecule has 0 saturated carbocycles. The lowest BCUT2D eigenvalue weighted by atomic mass is 10.2. The van der Waals surface area contributed by atoms with Crippen molar-refractivity contribution in [3.8, 4) is 6.07 Å². The summed E-state index contributed by atoms with van der Waals surface area (Å²) in [5.74, 6) is 0. The standard InChI is InChI=1S/C14H13BrN2O2/c1-14(2,3)19-13(18)17-8-11(15)10-5-4-9(7-16)6-12(10)17/h4-6,8H,1-3H3. The Kier molecular flexibility index (Phi) is 3.38. The van der Waals surface area contributed by atoms with Gasteiger partial charge in [0.05, 0.1) is 17.1 Å². The molecule has 0 aliphatic rings. The van der Waals surface area contributed by atoms with E-state index in [0.717, 1.165) is 9.86 Å². The first kappa shape index (κ1) is 13.6. The van der Waals surface area contributed by atoms with Gasteiger partial charge in [-0.3, -0.25) is 4.57 Å². The maximum atomic E-state index is 12.1. The van der Waals surface area contributed by atoms with Crippen LogP contribution in [-0.2, 0) is 4.74 Å². The number of carbonyl (C=O) groups is 1. The summed E-state index contributed by atoms with van der Waals surface area (Å²) in [4.78, 5) is 12.1. The normalized spacial score (nSPS) is 11.3. The number of nitrogens with zero attached hydrogens (tertiary/aromatic N) is 2. The van der Waals surface area contributed by atoms with Crippen LogP contribution in [0, 0.1) is 11.3 Å². The van der Waals surface area contributed by atoms with E-state index >= 15 is 0 Å². The molecule has 2 rings (SSSR count). The van der Waals surface area contributed by atoms with Crippen molar-refractivity contribution in [1.29, 1.82) is 5.26 Å². The summed E-state index contributed by atoms with van der Waals surface area (Å²) < 4.78 is 7.54. The van der Waals surface area contributed by atoms with Crippen molar-refractivity contribution in [2.75, 3.05) is 0 Å². The van der Waals surface area contributed by atoms with E-state index in [-0.39, 0.29) is 0 Å². The number of fused-ring (bicyclic) bond motifs is 1. The van der Waals surface area contributed by atoms with E-state index in [1.807, 2.05) is 20.8 Å². The molecule has 19 heavy (non-hydrogen) atoms. The summed E-state index contributed by atoms with van der Waals surface area (Å²) in [6.07, 6.45) is 1.19. The molecule has 1 aromatic heterocycles. The SMILES string of the molecule is CC(C)(C)OC(=O)n1cc(Br)c2ccc(C#N)cc21. The fourth-order valence-electron chi connectivity index (χ4n) is 1.72. The van der Waals surface area contributed by atoms with Crippen LogP contribution in [-0.4, -0.2) is 16.3 Å². The molecule has 0 aliphatic heterocycles. The van der Waals surface area contributed by atoms with Gasteiger partial charge in [0.15, 0.2) is 0 Å². The van der Waals surface area contributed by atoms with Gasteiger partial charge in [-0.05, 0) is 48.8 Å². The Morgan fingerprint density at radius 3 is 2.68 bits per heavy atom. The van der Waals surface area contributed by atoms with E-state index in [0.29, 0.717) is 11.1 Å². The predicted molar refractivity (Wildman–Crippen MR) is 76.0 cm³/mol.